The van der Waals surface area contributed by atoms with E-state index in [0.29, 0.717) is 0 Å². The first-order valence-electron chi connectivity index (χ1n) is 3.99. The zero-order chi connectivity index (χ0) is 9.26. The molecule has 1 unspecified atom stereocenters. The van der Waals surface area contributed by atoms with Crippen LogP contribution in [0.2, 0.25) is 0 Å². The van der Waals surface area contributed by atoms with Gasteiger partial charge in [-0.25, -0.2) is 4.98 Å². The Kier molecular flexibility index (Phi) is 2.50. The SMILES string of the molecule is OCC(I)c1cccn2ccnc12. The fourth-order valence-electron chi connectivity index (χ4n) is 1.31. The summed E-state index contributed by atoms with van der Waals surface area (Å²) in [5, 5.41) is 9.04. The van der Waals surface area contributed by atoms with E-state index in [1.807, 2.05) is 28.9 Å². The van der Waals surface area contributed by atoms with E-state index >= 15 is 0 Å². The largest absolute Gasteiger partial charge is 0.395 e. The molecule has 68 valence electrons. The van der Waals surface area contributed by atoms with Crippen LogP contribution in [0.15, 0.2) is 30.7 Å². The zero-order valence-corrected chi connectivity index (χ0v) is 9.05. The van der Waals surface area contributed by atoms with Crippen molar-refractivity contribution in [3.63, 3.8) is 0 Å². The van der Waals surface area contributed by atoms with Gasteiger partial charge in [-0.2, -0.15) is 0 Å². The lowest BCUT2D eigenvalue weighted by Crippen LogP contribution is -1.98. The van der Waals surface area contributed by atoms with Gasteiger partial charge in [0.15, 0.2) is 0 Å². The van der Waals surface area contributed by atoms with E-state index in [4.69, 9.17) is 5.11 Å². The van der Waals surface area contributed by atoms with E-state index in [-0.39, 0.29) is 10.5 Å². The van der Waals surface area contributed by atoms with Crippen LogP contribution < -0.4 is 0 Å². The molecule has 1 atom stereocenters. The topological polar surface area (TPSA) is 37.5 Å². The lowest BCUT2D eigenvalue weighted by atomic mass is 10.2. The van der Waals surface area contributed by atoms with Crippen LogP contribution >= 0.6 is 22.6 Å². The smallest absolute Gasteiger partial charge is 0.141 e. The zero-order valence-electron chi connectivity index (χ0n) is 6.89. The van der Waals surface area contributed by atoms with Gasteiger partial charge in [-0.05, 0) is 6.07 Å². The molecule has 13 heavy (non-hydrogen) atoms. The van der Waals surface area contributed by atoms with Gasteiger partial charge in [-0.1, -0.05) is 28.7 Å². The molecule has 0 saturated heterocycles. The Morgan fingerprint density at radius 1 is 1.54 bits per heavy atom. The standard InChI is InChI=1S/C9H9IN2O/c10-8(6-13)7-2-1-4-12-5-3-11-9(7)12/h1-5,8,13H,6H2. The summed E-state index contributed by atoms with van der Waals surface area (Å²) < 4.78 is 2.07. The van der Waals surface area contributed by atoms with Crippen molar-refractivity contribution < 1.29 is 5.11 Å². The highest BCUT2D eigenvalue weighted by Gasteiger charge is 2.10. The fourth-order valence-corrected chi connectivity index (χ4v) is 1.80. The number of fused-ring (bicyclic) bond motifs is 1. The van der Waals surface area contributed by atoms with Crippen LogP contribution in [0, 0.1) is 0 Å². The summed E-state index contributed by atoms with van der Waals surface area (Å²) in [7, 11) is 0. The summed E-state index contributed by atoms with van der Waals surface area (Å²) in [5.74, 6) is 0. The first kappa shape index (κ1) is 8.96. The Hall–Kier alpha value is -0.620. The molecule has 3 nitrogen and oxygen atoms in total. The van der Waals surface area contributed by atoms with E-state index in [0.717, 1.165) is 11.2 Å². The third kappa shape index (κ3) is 1.55. The second-order valence-corrected chi connectivity index (χ2v) is 4.28. The Balaban J connectivity index is 2.60. The molecule has 2 aromatic rings. The molecular formula is C9H9IN2O. The minimum atomic E-state index is 0.115. The Morgan fingerprint density at radius 3 is 3.15 bits per heavy atom. The number of alkyl halides is 1. The third-order valence-electron chi connectivity index (χ3n) is 1.95. The summed E-state index contributed by atoms with van der Waals surface area (Å²) >= 11 is 2.21. The first-order chi connectivity index (χ1) is 6.33. The Morgan fingerprint density at radius 2 is 2.38 bits per heavy atom. The van der Waals surface area contributed by atoms with Crippen molar-refractivity contribution in [3.8, 4) is 0 Å². The molecule has 0 bridgehead atoms. The molecule has 0 aliphatic heterocycles. The van der Waals surface area contributed by atoms with Crippen LogP contribution in [0.1, 0.15) is 9.49 Å². The van der Waals surface area contributed by atoms with Gasteiger partial charge in [0.1, 0.15) is 5.65 Å². The summed E-state index contributed by atoms with van der Waals surface area (Å²) in [4.78, 5) is 4.23. The van der Waals surface area contributed by atoms with E-state index in [2.05, 4.69) is 27.6 Å². The number of imidazole rings is 1. The van der Waals surface area contributed by atoms with Crippen LogP contribution in [0.4, 0.5) is 0 Å². The second-order valence-electron chi connectivity index (χ2n) is 2.77. The minimum Gasteiger partial charge on any atom is -0.395 e. The molecule has 2 aromatic heterocycles. The maximum atomic E-state index is 9.04. The second kappa shape index (κ2) is 3.63. The maximum Gasteiger partial charge on any atom is 0.141 e. The molecule has 0 radical (unpaired) electrons. The molecule has 0 aliphatic rings. The Labute approximate surface area is 89.6 Å². The number of pyridine rings is 1. The monoisotopic (exact) mass is 288 g/mol. The van der Waals surface area contributed by atoms with E-state index < -0.39 is 0 Å². The van der Waals surface area contributed by atoms with Crippen molar-refractivity contribution in [3.05, 3.63) is 36.3 Å². The summed E-state index contributed by atoms with van der Waals surface area (Å²) in [6.45, 7) is 0.146. The van der Waals surface area contributed by atoms with Crippen molar-refractivity contribution in [1.82, 2.24) is 9.38 Å². The van der Waals surface area contributed by atoms with E-state index in [9.17, 15) is 0 Å². The molecule has 0 aliphatic carbocycles. The third-order valence-corrected chi connectivity index (χ3v) is 3.01. The van der Waals surface area contributed by atoms with Gasteiger partial charge in [0.2, 0.25) is 0 Å². The normalized spacial score (nSPS) is 13.4. The van der Waals surface area contributed by atoms with Crippen LogP contribution in [0.3, 0.4) is 0 Å². The molecule has 0 saturated carbocycles. The molecule has 2 heterocycles. The molecule has 0 aromatic carbocycles. The van der Waals surface area contributed by atoms with Crippen molar-refractivity contribution in [2.75, 3.05) is 6.61 Å². The van der Waals surface area contributed by atoms with Gasteiger partial charge in [0.25, 0.3) is 0 Å². The number of halogens is 1. The highest BCUT2D eigenvalue weighted by molar-refractivity contribution is 14.1. The maximum absolute atomic E-state index is 9.04. The molecule has 1 N–H and O–H groups in total. The average Bonchev–Trinajstić information content (AvgIpc) is 2.63. The number of nitrogens with zero attached hydrogens (tertiary/aromatic N) is 2. The average molecular weight is 288 g/mol. The number of rotatable bonds is 2. The number of aliphatic hydroxyl groups is 1. The summed E-state index contributed by atoms with van der Waals surface area (Å²) in [5.41, 5.74) is 2.01. The van der Waals surface area contributed by atoms with E-state index in [1.165, 1.54) is 0 Å². The number of aromatic nitrogens is 2. The molecular weight excluding hydrogens is 279 g/mol. The first-order valence-corrected chi connectivity index (χ1v) is 5.24. The van der Waals surface area contributed by atoms with Crippen molar-refractivity contribution >= 4 is 28.2 Å². The molecule has 0 spiro atoms. The van der Waals surface area contributed by atoms with Crippen LogP contribution in [-0.2, 0) is 0 Å². The predicted octanol–water partition coefficient (Wildman–Crippen LogP) is 1.80. The molecule has 2 rings (SSSR count). The van der Waals surface area contributed by atoms with Gasteiger partial charge in [0.05, 0.1) is 10.5 Å². The van der Waals surface area contributed by atoms with Gasteiger partial charge in [-0.3, -0.25) is 0 Å². The number of hydrogen-bond donors (Lipinski definition) is 1. The van der Waals surface area contributed by atoms with Crippen molar-refractivity contribution in [2.24, 2.45) is 0 Å². The van der Waals surface area contributed by atoms with Gasteiger partial charge < -0.3 is 9.51 Å². The fraction of sp³-hybridized carbons (Fsp3) is 0.222. The number of aliphatic hydroxyl groups excluding tert-OH is 1. The van der Waals surface area contributed by atoms with E-state index in [1.54, 1.807) is 6.20 Å². The van der Waals surface area contributed by atoms with Crippen molar-refractivity contribution in [2.45, 2.75) is 3.92 Å². The van der Waals surface area contributed by atoms with Crippen LogP contribution in [0.25, 0.3) is 5.65 Å². The Bertz CT molecular complexity index is 413. The minimum absolute atomic E-state index is 0.115. The van der Waals surface area contributed by atoms with Crippen LogP contribution in [-0.4, -0.2) is 21.1 Å². The van der Waals surface area contributed by atoms with Crippen LogP contribution in [0.5, 0.6) is 0 Å². The predicted molar refractivity (Wildman–Crippen MR) is 59.0 cm³/mol. The van der Waals surface area contributed by atoms with Gasteiger partial charge in [0, 0.05) is 24.2 Å². The summed E-state index contributed by atoms with van der Waals surface area (Å²) in [6.07, 6.45) is 5.62. The molecule has 0 amide bonds. The highest BCUT2D eigenvalue weighted by Crippen LogP contribution is 2.25. The van der Waals surface area contributed by atoms with Gasteiger partial charge in [-0.15, -0.1) is 0 Å². The van der Waals surface area contributed by atoms with Crippen molar-refractivity contribution in [1.29, 1.82) is 0 Å². The number of hydrogen-bond acceptors (Lipinski definition) is 2. The van der Waals surface area contributed by atoms with Gasteiger partial charge >= 0.3 is 0 Å². The molecule has 4 heteroatoms. The lowest BCUT2D eigenvalue weighted by molar-refractivity contribution is 0.301. The quantitative estimate of drug-likeness (QED) is 0.676. The molecule has 0 fully saturated rings. The lowest BCUT2D eigenvalue weighted by Gasteiger charge is -2.07. The highest BCUT2D eigenvalue weighted by atomic mass is 127. The summed E-state index contributed by atoms with van der Waals surface area (Å²) in [6, 6.07) is 3.96.